The SMILES string of the molecule is COCCOc1ccc(Nc2ncc(F)c(N[C@@H]3C[C@H]4CCCN4C(C)(C)C3)n2)cc1C#N. The van der Waals surface area contributed by atoms with Gasteiger partial charge in [-0.3, -0.25) is 4.90 Å². The lowest BCUT2D eigenvalue weighted by Gasteiger charge is -2.47. The van der Waals surface area contributed by atoms with Crippen LogP contribution in [0.25, 0.3) is 0 Å². The van der Waals surface area contributed by atoms with E-state index in [0.717, 1.165) is 19.4 Å². The normalized spacial score (nSPS) is 21.8. The molecule has 0 bridgehead atoms. The average Bonchev–Trinajstić information content (AvgIpc) is 3.26. The van der Waals surface area contributed by atoms with Crippen LogP contribution in [0.15, 0.2) is 24.4 Å². The van der Waals surface area contributed by atoms with Crippen molar-refractivity contribution in [1.29, 1.82) is 5.26 Å². The third-order valence-electron chi connectivity index (χ3n) is 6.44. The molecule has 1 aromatic heterocycles. The van der Waals surface area contributed by atoms with Gasteiger partial charge in [0.2, 0.25) is 5.95 Å². The maximum absolute atomic E-state index is 14.5. The molecule has 0 radical (unpaired) electrons. The van der Waals surface area contributed by atoms with E-state index in [0.29, 0.717) is 36.3 Å². The molecule has 2 atom stereocenters. The van der Waals surface area contributed by atoms with E-state index < -0.39 is 5.82 Å². The van der Waals surface area contributed by atoms with Crippen LogP contribution < -0.4 is 15.4 Å². The summed E-state index contributed by atoms with van der Waals surface area (Å²) in [7, 11) is 1.59. The van der Waals surface area contributed by atoms with Crippen molar-refractivity contribution in [2.45, 2.75) is 57.2 Å². The Morgan fingerprint density at radius 3 is 2.97 bits per heavy atom. The molecular weight excluding hydrogens is 423 g/mol. The number of halogens is 1. The molecule has 4 rings (SSSR count). The van der Waals surface area contributed by atoms with Crippen LogP contribution in [-0.4, -0.2) is 59.4 Å². The number of ether oxygens (including phenoxy) is 2. The maximum atomic E-state index is 14.5. The monoisotopic (exact) mass is 454 g/mol. The van der Waals surface area contributed by atoms with Gasteiger partial charge >= 0.3 is 0 Å². The van der Waals surface area contributed by atoms with Gasteiger partial charge in [-0.15, -0.1) is 0 Å². The van der Waals surface area contributed by atoms with Gasteiger partial charge in [0.25, 0.3) is 0 Å². The topological polar surface area (TPSA) is 95.3 Å². The molecular formula is C24H31FN6O2. The molecule has 2 N–H and O–H groups in total. The van der Waals surface area contributed by atoms with Crippen LogP contribution in [0, 0.1) is 17.1 Å². The number of anilines is 3. The summed E-state index contributed by atoms with van der Waals surface area (Å²) in [5, 5.41) is 15.8. The summed E-state index contributed by atoms with van der Waals surface area (Å²) >= 11 is 0. The van der Waals surface area contributed by atoms with Gasteiger partial charge in [-0.25, -0.2) is 9.37 Å². The van der Waals surface area contributed by atoms with Crippen molar-refractivity contribution in [2.75, 3.05) is 37.5 Å². The summed E-state index contributed by atoms with van der Waals surface area (Å²) in [5.41, 5.74) is 1.06. The first-order chi connectivity index (χ1) is 15.9. The predicted octanol–water partition coefficient (Wildman–Crippen LogP) is 4.07. The van der Waals surface area contributed by atoms with E-state index in [1.807, 2.05) is 0 Å². The summed E-state index contributed by atoms with van der Waals surface area (Å²) in [6.07, 6.45) is 5.48. The number of nitriles is 1. The average molecular weight is 455 g/mol. The highest BCUT2D eigenvalue weighted by Gasteiger charge is 2.43. The van der Waals surface area contributed by atoms with Crippen molar-refractivity contribution in [3.05, 3.63) is 35.8 Å². The van der Waals surface area contributed by atoms with Gasteiger partial charge in [-0.2, -0.15) is 10.2 Å². The number of fused-ring (bicyclic) bond motifs is 1. The number of piperidine rings is 1. The number of nitrogens with zero attached hydrogens (tertiary/aromatic N) is 4. The van der Waals surface area contributed by atoms with Gasteiger partial charge in [0, 0.05) is 30.4 Å². The van der Waals surface area contributed by atoms with E-state index in [1.54, 1.807) is 25.3 Å². The molecule has 0 saturated carbocycles. The fourth-order valence-corrected chi connectivity index (χ4v) is 5.03. The summed E-state index contributed by atoms with van der Waals surface area (Å²) < 4.78 is 25.1. The Morgan fingerprint density at radius 2 is 2.18 bits per heavy atom. The summed E-state index contributed by atoms with van der Waals surface area (Å²) in [4.78, 5) is 11.0. The Bertz CT molecular complexity index is 1020. The molecule has 0 spiro atoms. The van der Waals surface area contributed by atoms with Crippen LogP contribution in [0.5, 0.6) is 5.75 Å². The minimum absolute atomic E-state index is 0.0719. The number of methoxy groups -OCH3 is 1. The lowest BCUT2D eigenvalue weighted by atomic mass is 9.84. The fourth-order valence-electron chi connectivity index (χ4n) is 5.03. The minimum atomic E-state index is -0.480. The Labute approximate surface area is 194 Å². The molecule has 1 aromatic carbocycles. The van der Waals surface area contributed by atoms with Gasteiger partial charge in [-0.1, -0.05) is 0 Å². The van der Waals surface area contributed by atoms with Crippen molar-refractivity contribution < 1.29 is 13.9 Å². The molecule has 33 heavy (non-hydrogen) atoms. The minimum Gasteiger partial charge on any atom is -0.490 e. The number of hydrogen-bond donors (Lipinski definition) is 2. The van der Waals surface area contributed by atoms with Gasteiger partial charge in [0.1, 0.15) is 18.4 Å². The molecule has 176 valence electrons. The third-order valence-corrected chi connectivity index (χ3v) is 6.44. The zero-order chi connectivity index (χ0) is 23.4. The van der Waals surface area contributed by atoms with Crippen LogP contribution >= 0.6 is 0 Å². The first-order valence-electron chi connectivity index (χ1n) is 11.4. The Balaban J connectivity index is 1.46. The maximum Gasteiger partial charge on any atom is 0.229 e. The second-order valence-electron chi connectivity index (χ2n) is 9.26. The quantitative estimate of drug-likeness (QED) is 0.577. The predicted molar refractivity (Wildman–Crippen MR) is 124 cm³/mol. The van der Waals surface area contributed by atoms with Crippen LogP contribution in [0.4, 0.5) is 21.8 Å². The summed E-state index contributed by atoms with van der Waals surface area (Å²) in [6.45, 7) is 6.45. The van der Waals surface area contributed by atoms with E-state index in [2.05, 4.69) is 45.4 Å². The van der Waals surface area contributed by atoms with Gasteiger partial charge in [0.05, 0.1) is 18.4 Å². The van der Waals surface area contributed by atoms with Crippen molar-refractivity contribution >= 4 is 17.5 Å². The molecule has 0 amide bonds. The van der Waals surface area contributed by atoms with E-state index >= 15 is 0 Å². The number of rotatable bonds is 8. The molecule has 2 fully saturated rings. The highest BCUT2D eigenvalue weighted by molar-refractivity contribution is 5.61. The lowest BCUT2D eigenvalue weighted by molar-refractivity contribution is 0.0500. The van der Waals surface area contributed by atoms with E-state index in [4.69, 9.17) is 9.47 Å². The fraction of sp³-hybridized carbons (Fsp3) is 0.542. The Kier molecular flexibility index (Phi) is 6.96. The molecule has 8 nitrogen and oxygen atoms in total. The second-order valence-corrected chi connectivity index (χ2v) is 9.26. The zero-order valence-electron chi connectivity index (χ0n) is 19.4. The Hall–Kier alpha value is -2.96. The molecule has 2 aliphatic rings. The van der Waals surface area contributed by atoms with Gasteiger partial charge in [0.15, 0.2) is 11.6 Å². The van der Waals surface area contributed by atoms with Crippen molar-refractivity contribution in [1.82, 2.24) is 14.9 Å². The van der Waals surface area contributed by atoms with Crippen LogP contribution in [0.2, 0.25) is 0 Å². The first-order valence-corrected chi connectivity index (χ1v) is 11.4. The second kappa shape index (κ2) is 9.89. The zero-order valence-corrected chi connectivity index (χ0v) is 19.4. The number of hydrogen-bond acceptors (Lipinski definition) is 8. The number of benzene rings is 1. The first kappa shape index (κ1) is 23.2. The molecule has 9 heteroatoms. The molecule has 0 aliphatic carbocycles. The van der Waals surface area contributed by atoms with E-state index in [-0.39, 0.29) is 23.3 Å². The molecule has 2 aromatic rings. The standard InChI is InChI=1S/C24H31FN6O2/c1-24(2)13-18(12-19-5-4-8-31(19)24)28-22-20(25)15-27-23(30-22)29-17-6-7-21(16(11-17)14-26)33-10-9-32-3/h6-7,11,15,18-19H,4-5,8-10,12-13H2,1-3H3,(H2,27,28,29,30)/t18-,19-/m1/s1. The molecule has 2 aliphatic heterocycles. The molecule has 2 saturated heterocycles. The highest BCUT2D eigenvalue weighted by atomic mass is 19.1. The van der Waals surface area contributed by atoms with E-state index in [9.17, 15) is 9.65 Å². The van der Waals surface area contributed by atoms with Crippen molar-refractivity contribution in [2.24, 2.45) is 0 Å². The highest BCUT2D eigenvalue weighted by Crippen LogP contribution is 2.38. The van der Waals surface area contributed by atoms with Gasteiger partial charge < -0.3 is 20.1 Å². The third kappa shape index (κ3) is 5.34. The smallest absolute Gasteiger partial charge is 0.229 e. The van der Waals surface area contributed by atoms with Crippen LogP contribution in [0.3, 0.4) is 0 Å². The van der Waals surface area contributed by atoms with Crippen molar-refractivity contribution in [3.8, 4) is 11.8 Å². The van der Waals surface area contributed by atoms with Gasteiger partial charge in [-0.05, 0) is 64.3 Å². The van der Waals surface area contributed by atoms with Crippen molar-refractivity contribution in [3.63, 3.8) is 0 Å². The largest absolute Gasteiger partial charge is 0.490 e. The van der Waals surface area contributed by atoms with Crippen LogP contribution in [0.1, 0.15) is 45.1 Å². The summed E-state index contributed by atoms with van der Waals surface area (Å²) in [5.74, 6) is 0.448. The lowest BCUT2D eigenvalue weighted by Crippen LogP contribution is -2.55. The van der Waals surface area contributed by atoms with Crippen LogP contribution in [-0.2, 0) is 4.74 Å². The number of aromatic nitrogens is 2. The van der Waals surface area contributed by atoms with E-state index in [1.165, 1.54) is 19.0 Å². The molecule has 0 unspecified atom stereocenters. The number of nitrogens with one attached hydrogen (secondary N) is 2. The summed E-state index contributed by atoms with van der Waals surface area (Å²) in [6, 6.07) is 7.92. The molecule has 3 heterocycles. The Morgan fingerprint density at radius 1 is 1.33 bits per heavy atom.